The average Bonchev–Trinajstić information content (AvgIpc) is 3.56. The van der Waals surface area contributed by atoms with E-state index in [1.54, 1.807) is 0 Å². The molecule has 4 heterocycles. The molecule has 1 aromatic heterocycles. The molecule has 0 radical (unpaired) electrons. The van der Waals surface area contributed by atoms with Crippen molar-refractivity contribution in [2.24, 2.45) is 0 Å². The number of nitrogens with one attached hydrogen (secondary N) is 2. The van der Waals surface area contributed by atoms with E-state index in [0.29, 0.717) is 23.6 Å². The van der Waals surface area contributed by atoms with Gasteiger partial charge in [0.1, 0.15) is 11.6 Å². The van der Waals surface area contributed by atoms with Crippen LogP contribution in [-0.2, 0) is 6.54 Å². The minimum absolute atomic E-state index is 0.461. The SMILES string of the molecule is C[C@@H]1CCCCN1c1cc(N2CCN(c3ccccc3)CC2)nc(NC(=S)NCc2ccc(N3CCCC3)cc2)n1. The second-order valence-corrected chi connectivity index (χ2v) is 11.8. The third-order valence-electron chi connectivity index (χ3n) is 8.61. The van der Waals surface area contributed by atoms with E-state index in [4.69, 9.17) is 22.2 Å². The van der Waals surface area contributed by atoms with E-state index in [1.165, 1.54) is 49.0 Å². The van der Waals surface area contributed by atoms with Gasteiger partial charge in [0.15, 0.2) is 5.11 Å². The molecule has 0 saturated carbocycles. The van der Waals surface area contributed by atoms with Gasteiger partial charge in [-0.2, -0.15) is 9.97 Å². The molecule has 0 unspecified atom stereocenters. The summed E-state index contributed by atoms with van der Waals surface area (Å²) in [6.07, 6.45) is 6.23. The van der Waals surface area contributed by atoms with Crippen molar-refractivity contribution in [3.05, 3.63) is 66.2 Å². The Morgan fingerprint density at radius 2 is 1.39 bits per heavy atom. The van der Waals surface area contributed by atoms with Crippen molar-refractivity contribution in [3.63, 3.8) is 0 Å². The Morgan fingerprint density at radius 3 is 2.12 bits per heavy atom. The number of piperazine rings is 1. The maximum absolute atomic E-state index is 5.70. The molecule has 2 N–H and O–H groups in total. The molecule has 0 aliphatic carbocycles. The van der Waals surface area contributed by atoms with Crippen LogP contribution in [0.1, 0.15) is 44.6 Å². The highest BCUT2D eigenvalue weighted by atomic mass is 32.1. The highest BCUT2D eigenvalue weighted by Crippen LogP contribution is 2.28. The number of piperidine rings is 1. The maximum atomic E-state index is 5.70. The molecule has 216 valence electrons. The number of para-hydroxylation sites is 1. The van der Waals surface area contributed by atoms with Gasteiger partial charge in [0.25, 0.3) is 0 Å². The lowest BCUT2D eigenvalue weighted by Gasteiger charge is -2.38. The van der Waals surface area contributed by atoms with E-state index in [1.807, 2.05) is 0 Å². The number of thiocarbonyl (C=S) groups is 1. The maximum Gasteiger partial charge on any atom is 0.232 e. The molecule has 3 aliphatic heterocycles. The van der Waals surface area contributed by atoms with Crippen molar-refractivity contribution in [3.8, 4) is 0 Å². The molecule has 0 spiro atoms. The summed E-state index contributed by atoms with van der Waals surface area (Å²) in [5.41, 5.74) is 3.79. The lowest BCUT2D eigenvalue weighted by molar-refractivity contribution is 0.481. The Labute approximate surface area is 249 Å². The Morgan fingerprint density at radius 1 is 0.756 bits per heavy atom. The summed E-state index contributed by atoms with van der Waals surface area (Å²) in [6, 6.07) is 22.1. The monoisotopic (exact) mass is 570 g/mol. The average molecular weight is 571 g/mol. The van der Waals surface area contributed by atoms with Gasteiger partial charge in [-0.25, -0.2) is 0 Å². The first-order valence-electron chi connectivity index (χ1n) is 15.2. The van der Waals surface area contributed by atoms with E-state index >= 15 is 0 Å². The molecule has 0 amide bonds. The van der Waals surface area contributed by atoms with Crippen molar-refractivity contribution >= 4 is 46.3 Å². The van der Waals surface area contributed by atoms with E-state index in [2.05, 4.69) is 97.8 Å². The Bertz CT molecular complexity index is 1290. The fraction of sp³-hybridized carbons (Fsp3) is 0.469. The molecular formula is C32H42N8S. The predicted molar refractivity (Wildman–Crippen MR) is 175 cm³/mol. The second-order valence-electron chi connectivity index (χ2n) is 11.4. The van der Waals surface area contributed by atoms with Crippen LogP contribution in [0.3, 0.4) is 0 Å². The smallest absolute Gasteiger partial charge is 0.232 e. The van der Waals surface area contributed by atoms with E-state index in [0.717, 1.165) is 57.4 Å². The third-order valence-corrected chi connectivity index (χ3v) is 8.85. The molecule has 6 rings (SSSR count). The van der Waals surface area contributed by atoms with Crippen LogP contribution in [-0.4, -0.2) is 66.9 Å². The van der Waals surface area contributed by atoms with E-state index in [-0.39, 0.29) is 0 Å². The number of nitrogens with zero attached hydrogens (tertiary/aromatic N) is 6. The van der Waals surface area contributed by atoms with Gasteiger partial charge in [-0.15, -0.1) is 0 Å². The molecule has 3 aliphatic rings. The first-order valence-corrected chi connectivity index (χ1v) is 15.6. The zero-order valence-corrected chi connectivity index (χ0v) is 25.0. The van der Waals surface area contributed by atoms with Crippen LogP contribution in [0.15, 0.2) is 60.7 Å². The topological polar surface area (TPSA) is 62.8 Å². The summed E-state index contributed by atoms with van der Waals surface area (Å²) in [7, 11) is 0. The van der Waals surface area contributed by atoms with Gasteiger partial charge in [0, 0.05) is 75.8 Å². The number of benzene rings is 2. The van der Waals surface area contributed by atoms with Crippen LogP contribution in [0.25, 0.3) is 0 Å². The van der Waals surface area contributed by atoms with Crippen molar-refractivity contribution in [1.82, 2.24) is 15.3 Å². The van der Waals surface area contributed by atoms with Crippen molar-refractivity contribution in [1.29, 1.82) is 0 Å². The Hall–Kier alpha value is -3.59. The molecule has 1 atom stereocenters. The number of rotatable bonds is 7. The van der Waals surface area contributed by atoms with Crippen LogP contribution in [0, 0.1) is 0 Å². The zero-order valence-electron chi connectivity index (χ0n) is 24.1. The van der Waals surface area contributed by atoms with Crippen LogP contribution in [0.4, 0.5) is 29.0 Å². The highest BCUT2D eigenvalue weighted by molar-refractivity contribution is 7.80. The molecule has 0 bridgehead atoms. The molecule has 2 aromatic carbocycles. The molecule has 3 saturated heterocycles. The van der Waals surface area contributed by atoms with Gasteiger partial charge in [0.05, 0.1) is 0 Å². The van der Waals surface area contributed by atoms with E-state index in [9.17, 15) is 0 Å². The number of hydrogen-bond acceptors (Lipinski definition) is 7. The molecule has 9 heteroatoms. The number of aromatic nitrogens is 2. The highest BCUT2D eigenvalue weighted by Gasteiger charge is 2.24. The summed E-state index contributed by atoms with van der Waals surface area (Å²) in [6.45, 7) is 10.0. The minimum atomic E-state index is 0.461. The number of anilines is 5. The minimum Gasteiger partial charge on any atom is -0.372 e. The molecule has 8 nitrogen and oxygen atoms in total. The normalized spacial score (nSPS) is 19.4. The Kier molecular flexibility index (Phi) is 8.70. The first kappa shape index (κ1) is 27.6. The van der Waals surface area contributed by atoms with Gasteiger partial charge in [-0.05, 0) is 81.1 Å². The molecule has 3 aromatic rings. The summed E-state index contributed by atoms with van der Waals surface area (Å²) in [4.78, 5) is 19.6. The zero-order chi connectivity index (χ0) is 28.0. The summed E-state index contributed by atoms with van der Waals surface area (Å²) < 4.78 is 0. The predicted octanol–water partition coefficient (Wildman–Crippen LogP) is 5.27. The van der Waals surface area contributed by atoms with Gasteiger partial charge >= 0.3 is 0 Å². The third kappa shape index (κ3) is 6.84. The molecule has 3 fully saturated rings. The summed E-state index contributed by atoms with van der Waals surface area (Å²) >= 11 is 5.70. The quantitative estimate of drug-likeness (QED) is 0.370. The molecular weight excluding hydrogens is 528 g/mol. The summed E-state index contributed by atoms with van der Waals surface area (Å²) in [5, 5.41) is 7.20. The van der Waals surface area contributed by atoms with Crippen molar-refractivity contribution in [2.75, 3.05) is 70.7 Å². The van der Waals surface area contributed by atoms with Crippen molar-refractivity contribution < 1.29 is 0 Å². The lowest BCUT2D eigenvalue weighted by atomic mass is 10.0. The second kappa shape index (κ2) is 12.9. The van der Waals surface area contributed by atoms with Crippen LogP contribution < -0.4 is 30.2 Å². The summed E-state index contributed by atoms with van der Waals surface area (Å²) in [5.74, 6) is 2.50. The van der Waals surface area contributed by atoms with Crippen LogP contribution in [0.5, 0.6) is 0 Å². The Balaban J connectivity index is 1.13. The fourth-order valence-corrected chi connectivity index (χ4v) is 6.35. The van der Waals surface area contributed by atoms with Gasteiger partial charge in [0.2, 0.25) is 5.95 Å². The first-order chi connectivity index (χ1) is 20.1. The van der Waals surface area contributed by atoms with Gasteiger partial charge < -0.3 is 30.2 Å². The van der Waals surface area contributed by atoms with Crippen LogP contribution in [0.2, 0.25) is 0 Å². The lowest BCUT2D eigenvalue weighted by Crippen LogP contribution is -2.47. The van der Waals surface area contributed by atoms with Gasteiger partial charge in [-0.3, -0.25) is 0 Å². The van der Waals surface area contributed by atoms with Crippen LogP contribution >= 0.6 is 12.2 Å². The number of hydrogen-bond donors (Lipinski definition) is 2. The van der Waals surface area contributed by atoms with Gasteiger partial charge in [-0.1, -0.05) is 30.3 Å². The molecule has 41 heavy (non-hydrogen) atoms. The van der Waals surface area contributed by atoms with E-state index < -0.39 is 0 Å². The standard InChI is InChI=1S/C32H42N8S/c1-25-9-5-6-18-40(25)30-23-29(39-21-19-38(20-22-39)27-10-3-2-4-11-27)34-31(35-30)36-32(41)33-24-26-12-14-28(15-13-26)37-16-7-8-17-37/h2-4,10-15,23,25H,5-9,16-22,24H2,1H3,(H2,33,34,35,36,41)/t25-/m1/s1. The van der Waals surface area contributed by atoms with Crippen molar-refractivity contribution in [2.45, 2.75) is 51.6 Å². The largest absolute Gasteiger partial charge is 0.372 e. The fourth-order valence-electron chi connectivity index (χ4n) is 6.19.